The molecule has 0 saturated carbocycles. The van der Waals surface area contributed by atoms with Crippen LogP contribution in [0.4, 0.5) is 5.69 Å². The van der Waals surface area contributed by atoms with Gasteiger partial charge in [0.1, 0.15) is 0 Å². The normalized spacial score (nSPS) is 12.3. The fourth-order valence-electron chi connectivity index (χ4n) is 3.61. The van der Waals surface area contributed by atoms with E-state index in [0.717, 1.165) is 35.5 Å². The van der Waals surface area contributed by atoms with Gasteiger partial charge in [0.25, 0.3) is 5.91 Å². The molecular weight excluding hydrogens is 424 g/mol. The Morgan fingerprint density at radius 3 is 2.07 bits per heavy atom. The number of nitrogens with one attached hydrogen (secondary N) is 1. The fraction of sp³-hybridized carbons (Fsp3) is 0.409. The quantitative estimate of drug-likeness (QED) is 0.669. The molecule has 0 heterocycles. The number of rotatable bonds is 6. The summed E-state index contributed by atoms with van der Waals surface area (Å²) < 4.78 is 0.597. The molecule has 27 heavy (non-hydrogen) atoms. The van der Waals surface area contributed by atoms with Crippen molar-refractivity contribution in [1.82, 2.24) is 0 Å². The molecule has 2 aromatic carbocycles. The molecule has 1 amide bonds. The van der Waals surface area contributed by atoms with E-state index in [1.165, 1.54) is 5.56 Å². The van der Waals surface area contributed by atoms with E-state index in [0.29, 0.717) is 9.51 Å². The van der Waals surface area contributed by atoms with Gasteiger partial charge >= 0.3 is 0 Å². The van der Waals surface area contributed by atoms with Crippen LogP contribution in [-0.4, -0.2) is 30.5 Å². The van der Waals surface area contributed by atoms with Crippen LogP contribution in [0.1, 0.15) is 42.1 Å². The summed E-state index contributed by atoms with van der Waals surface area (Å²) in [5, 5.41) is 3.83. The molecule has 1 unspecified atom stereocenters. The molecule has 0 fully saturated rings. The highest BCUT2D eigenvalue weighted by molar-refractivity contribution is 6.31. The van der Waals surface area contributed by atoms with Gasteiger partial charge in [-0.05, 0) is 51.8 Å². The first-order valence-corrected chi connectivity index (χ1v) is 9.58. The highest BCUT2D eigenvalue weighted by Crippen LogP contribution is 2.34. The van der Waals surface area contributed by atoms with E-state index in [9.17, 15) is 4.79 Å². The average Bonchev–Trinajstić information content (AvgIpc) is 2.59. The van der Waals surface area contributed by atoms with Crippen LogP contribution in [0.25, 0.3) is 0 Å². The molecule has 0 aliphatic rings. The number of likely N-dealkylation sites (N-methyl/N-ethyl adjacent to an activating group) is 1. The number of anilines is 1. The summed E-state index contributed by atoms with van der Waals surface area (Å²) in [5.74, 6) is -0.0145. The Hall–Kier alpha value is -1.36. The largest absolute Gasteiger partial charge is 1.00 e. The van der Waals surface area contributed by atoms with E-state index in [2.05, 4.69) is 45.3 Å². The number of amides is 1. The standard InChI is InChI=1S/C22H29ClN2O.BrH/c1-7-25(6,8-2)21(18-11-9-10-12-19(18)23)22(26)24-20-16(4)13-15(3)14-17(20)5;/h9-14,21H,7-8H2,1-6H3;1H. The predicted molar refractivity (Wildman–Crippen MR) is 111 cm³/mol. The number of benzene rings is 2. The molecule has 2 aromatic rings. The van der Waals surface area contributed by atoms with E-state index < -0.39 is 0 Å². The number of carbonyl (C=O) groups is 1. The Labute approximate surface area is 179 Å². The van der Waals surface area contributed by atoms with Crippen LogP contribution >= 0.6 is 11.6 Å². The molecule has 0 bridgehead atoms. The van der Waals surface area contributed by atoms with Gasteiger partial charge in [0, 0.05) is 11.3 Å². The highest BCUT2D eigenvalue weighted by atomic mass is 79.9. The van der Waals surface area contributed by atoms with Gasteiger partial charge < -0.3 is 26.8 Å². The summed E-state index contributed by atoms with van der Waals surface area (Å²) >= 11 is 6.48. The Bertz CT molecular complexity index is 780. The summed E-state index contributed by atoms with van der Waals surface area (Å²) in [5.41, 5.74) is 5.13. The second-order valence-corrected chi connectivity index (χ2v) is 7.71. The molecule has 3 nitrogen and oxygen atoms in total. The number of aryl methyl sites for hydroxylation is 3. The highest BCUT2D eigenvalue weighted by Gasteiger charge is 2.39. The second-order valence-electron chi connectivity index (χ2n) is 7.30. The smallest absolute Gasteiger partial charge is 0.287 e. The Kier molecular flexibility index (Phi) is 8.52. The molecule has 1 atom stereocenters. The molecule has 1 N–H and O–H groups in total. The molecule has 0 saturated heterocycles. The third kappa shape index (κ3) is 5.13. The molecule has 148 valence electrons. The van der Waals surface area contributed by atoms with Crippen LogP contribution < -0.4 is 22.3 Å². The minimum absolute atomic E-state index is 0. The van der Waals surface area contributed by atoms with Crippen molar-refractivity contribution >= 4 is 23.2 Å². The monoisotopic (exact) mass is 452 g/mol. The molecule has 0 aliphatic carbocycles. The maximum atomic E-state index is 13.4. The van der Waals surface area contributed by atoms with Crippen molar-refractivity contribution in [3.05, 3.63) is 63.7 Å². The van der Waals surface area contributed by atoms with E-state index in [1.54, 1.807) is 0 Å². The average molecular weight is 454 g/mol. The predicted octanol–water partition coefficient (Wildman–Crippen LogP) is 2.44. The first-order valence-electron chi connectivity index (χ1n) is 9.20. The van der Waals surface area contributed by atoms with Crippen molar-refractivity contribution in [2.24, 2.45) is 0 Å². The van der Waals surface area contributed by atoms with Crippen molar-refractivity contribution in [1.29, 1.82) is 0 Å². The maximum Gasteiger partial charge on any atom is 0.287 e. The number of hydrogen-bond donors (Lipinski definition) is 1. The maximum absolute atomic E-state index is 13.4. The van der Waals surface area contributed by atoms with Crippen LogP contribution in [0.5, 0.6) is 0 Å². The fourth-order valence-corrected chi connectivity index (χ4v) is 3.85. The first kappa shape index (κ1) is 23.7. The zero-order valence-corrected chi connectivity index (χ0v) is 19.4. The van der Waals surface area contributed by atoms with Gasteiger partial charge in [-0.2, -0.15) is 0 Å². The molecule has 0 radical (unpaired) electrons. The SMILES string of the molecule is CC[N+](C)(CC)C(C(=O)Nc1c(C)cc(C)cc1C)c1ccccc1Cl.[Br-]. The van der Waals surface area contributed by atoms with Gasteiger partial charge in [0.2, 0.25) is 0 Å². The van der Waals surface area contributed by atoms with Crippen molar-refractivity contribution in [2.75, 3.05) is 25.5 Å². The van der Waals surface area contributed by atoms with Crippen LogP contribution in [0.2, 0.25) is 5.02 Å². The Balaban J connectivity index is 0.00000364. The van der Waals surface area contributed by atoms with Gasteiger partial charge in [0.15, 0.2) is 6.04 Å². The zero-order valence-electron chi connectivity index (χ0n) is 17.1. The van der Waals surface area contributed by atoms with E-state index >= 15 is 0 Å². The molecule has 2 rings (SSSR count). The van der Waals surface area contributed by atoms with Crippen LogP contribution in [0.3, 0.4) is 0 Å². The number of nitrogens with zero attached hydrogens (tertiary/aromatic N) is 1. The number of quaternary nitrogens is 1. The van der Waals surface area contributed by atoms with Crippen LogP contribution in [0.15, 0.2) is 36.4 Å². The van der Waals surface area contributed by atoms with E-state index in [1.807, 2.05) is 38.1 Å². The first-order chi connectivity index (χ1) is 12.2. The topological polar surface area (TPSA) is 29.1 Å². The minimum atomic E-state index is -0.362. The summed E-state index contributed by atoms with van der Waals surface area (Å²) in [6, 6.07) is 11.5. The van der Waals surface area contributed by atoms with Crippen molar-refractivity contribution < 1.29 is 26.3 Å². The summed E-state index contributed by atoms with van der Waals surface area (Å²) in [4.78, 5) is 13.4. The molecular formula is C22H30BrClN2O. The molecule has 0 aliphatic heterocycles. The molecule has 0 aromatic heterocycles. The van der Waals surface area contributed by atoms with Crippen LogP contribution in [-0.2, 0) is 4.79 Å². The number of carbonyl (C=O) groups excluding carboxylic acids is 1. The minimum Gasteiger partial charge on any atom is -1.00 e. The molecule has 5 heteroatoms. The Morgan fingerprint density at radius 2 is 1.59 bits per heavy atom. The number of halogens is 2. The lowest BCUT2D eigenvalue weighted by molar-refractivity contribution is -0.926. The van der Waals surface area contributed by atoms with Crippen molar-refractivity contribution in [3.63, 3.8) is 0 Å². The van der Waals surface area contributed by atoms with Crippen molar-refractivity contribution in [2.45, 2.75) is 40.7 Å². The van der Waals surface area contributed by atoms with Crippen LogP contribution in [0, 0.1) is 20.8 Å². The van der Waals surface area contributed by atoms with Crippen molar-refractivity contribution in [3.8, 4) is 0 Å². The third-order valence-corrected chi connectivity index (χ3v) is 5.79. The van der Waals surface area contributed by atoms with Gasteiger partial charge in [-0.15, -0.1) is 0 Å². The number of hydrogen-bond acceptors (Lipinski definition) is 1. The van der Waals surface area contributed by atoms with E-state index in [-0.39, 0.29) is 28.9 Å². The van der Waals surface area contributed by atoms with Gasteiger partial charge in [-0.3, -0.25) is 4.79 Å². The Morgan fingerprint density at radius 1 is 1.07 bits per heavy atom. The summed E-state index contributed by atoms with van der Waals surface area (Å²) in [6.45, 7) is 12.0. The third-order valence-electron chi connectivity index (χ3n) is 5.44. The lowest BCUT2D eigenvalue weighted by Crippen LogP contribution is -3.00. The summed E-state index contributed by atoms with van der Waals surface area (Å²) in [6.07, 6.45) is 0. The lowest BCUT2D eigenvalue weighted by Gasteiger charge is -2.39. The second kappa shape index (κ2) is 9.72. The van der Waals surface area contributed by atoms with Gasteiger partial charge in [-0.1, -0.05) is 47.5 Å². The zero-order chi connectivity index (χ0) is 19.5. The lowest BCUT2D eigenvalue weighted by atomic mass is 10.00. The molecule has 0 spiro atoms. The van der Waals surface area contributed by atoms with E-state index in [4.69, 9.17) is 11.6 Å². The van der Waals surface area contributed by atoms with Gasteiger partial charge in [0.05, 0.1) is 25.2 Å². The summed E-state index contributed by atoms with van der Waals surface area (Å²) in [7, 11) is 2.11. The van der Waals surface area contributed by atoms with Gasteiger partial charge in [-0.25, -0.2) is 0 Å².